The van der Waals surface area contributed by atoms with E-state index in [4.69, 9.17) is 4.74 Å². The first-order chi connectivity index (χ1) is 11.2. The van der Waals surface area contributed by atoms with E-state index in [2.05, 4.69) is 32.2 Å². The van der Waals surface area contributed by atoms with Crippen molar-refractivity contribution in [2.75, 3.05) is 0 Å². The second-order valence-electron chi connectivity index (χ2n) is 7.45. The number of amides is 1. The smallest absolute Gasteiger partial charge is 0.252 e. The Morgan fingerprint density at radius 2 is 1.75 bits per heavy atom. The Kier molecular flexibility index (Phi) is 4.12. The van der Waals surface area contributed by atoms with Gasteiger partial charge in [-0.05, 0) is 52.3 Å². The van der Waals surface area contributed by atoms with Crippen LogP contribution in [0.25, 0.3) is 0 Å². The Bertz CT molecular complexity index is 792. The molecule has 3 rings (SSSR count). The zero-order valence-electron chi connectivity index (χ0n) is 15.1. The summed E-state index contributed by atoms with van der Waals surface area (Å²) >= 11 is 0. The minimum absolute atomic E-state index is 0.0253. The van der Waals surface area contributed by atoms with Crippen LogP contribution in [0.15, 0.2) is 36.4 Å². The van der Waals surface area contributed by atoms with Crippen molar-refractivity contribution < 1.29 is 9.53 Å². The molecule has 0 fully saturated rings. The SMILES string of the molecule is Cc1ccc(C(=O)NC2CC(C)(C)Oc3ccc(C)cc32)c(C)c1. The van der Waals surface area contributed by atoms with Crippen LogP contribution in [0, 0.1) is 20.8 Å². The van der Waals surface area contributed by atoms with Crippen LogP contribution in [-0.2, 0) is 0 Å². The third-order valence-corrected chi connectivity index (χ3v) is 4.55. The third kappa shape index (κ3) is 3.30. The fraction of sp³-hybridized carbons (Fsp3) is 0.381. The van der Waals surface area contributed by atoms with Crippen molar-refractivity contribution in [3.63, 3.8) is 0 Å². The van der Waals surface area contributed by atoms with Gasteiger partial charge in [-0.3, -0.25) is 4.79 Å². The highest BCUT2D eigenvalue weighted by Crippen LogP contribution is 2.40. The summed E-state index contributed by atoms with van der Waals surface area (Å²) in [4.78, 5) is 12.8. The topological polar surface area (TPSA) is 38.3 Å². The average molecular weight is 323 g/mol. The number of nitrogens with one attached hydrogen (secondary N) is 1. The van der Waals surface area contributed by atoms with Crippen molar-refractivity contribution in [3.05, 3.63) is 64.2 Å². The predicted octanol–water partition coefficient (Wildman–Crippen LogP) is 4.64. The van der Waals surface area contributed by atoms with Crippen LogP contribution in [0.5, 0.6) is 5.75 Å². The van der Waals surface area contributed by atoms with Gasteiger partial charge in [-0.25, -0.2) is 0 Å². The van der Waals surface area contributed by atoms with Crippen molar-refractivity contribution in [1.82, 2.24) is 5.32 Å². The minimum atomic E-state index is -0.303. The molecule has 0 saturated carbocycles. The van der Waals surface area contributed by atoms with E-state index in [0.29, 0.717) is 0 Å². The number of fused-ring (bicyclic) bond motifs is 1. The van der Waals surface area contributed by atoms with Gasteiger partial charge in [-0.15, -0.1) is 0 Å². The lowest BCUT2D eigenvalue weighted by atomic mass is 9.88. The molecule has 1 aliphatic rings. The molecule has 3 heteroatoms. The van der Waals surface area contributed by atoms with E-state index in [1.54, 1.807) is 0 Å². The van der Waals surface area contributed by atoms with Crippen LogP contribution in [0.4, 0.5) is 0 Å². The van der Waals surface area contributed by atoms with E-state index in [-0.39, 0.29) is 17.6 Å². The first-order valence-corrected chi connectivity index (χ1v) is 8.43. The summed E-state index contributed by atoms with van der Waals surface area (Å²) in [6, 6.07) is 12.0. The summed E-state index contributed by atoms with van der Waals surface area (Å²) in [6.45, 7) is 10.2. The van der Waals surface area contributed by atoms with Crippen molar-refractivity contribution in [3.8, 4) is 5.75 Å². The fourth-order valence-electron chi connectivity index (χ4n) is 3.41. The van der Waals surface area contributed by atoms with Crippen LogP contribution in [0.3, 0.4) is 0 Å². The number of benzene rings is 2. The molecule has 1 unspecified atom stereocenters. The lowest BCUT2D eigenvalue weighted by Gasteiger charge is -2.38. The van der Waals surface area contributed by atoms with Crippen LogP contribution < -0.4 is 10.1 Å². The average Bonchev–Trinajstić information content (AvgIpc) is 2.47. The monoisotopic (exact) mass is 323 g/mol. The molecule has 0 saturated heterocycles. The van der Waals surface area contributed by atoms with Crippen LogP contribution in [0.2, 0.25) is 0 Å². The van der Waals surface area contributed by atoms with Gasteiger partial charge in [0.15, 0.2) is 0 Å². The molecule has 0 radical (unpaired) electrons. The van der Waals surface area contributed by atoms with Crippen LogP contribution in [0.1, 0.15) is 58.9 Å². The highest BCUT2D eigenvalue weighted by molar-refractivity contribution is 5.96. The predicted molar refractivity (Wildman–Crippen MR) is 96.6 cm³/mol. The molecule has 2 aromatic rings. The standard InChI is InChI=1S/C21H25NO2/c1-13-6-8-16(15(3)10-13)20(23)22-18-12-21(4,5)24-19-9-7-14(2)11-17(18)19/h6-11,18H,12H2,1-5H3,(H,22,23). The van der Waals surface area contributed by atoms with Gasteiger partial charge in [0.2, 0.25) is 0 Å². The number of rotatable bonds is 2. The van der Waals surface area contributed by atoms with E-state index in [9.17, 15) is 4.79 Å². The molecule has 2 aromatic carbocycles. The van der Waals surface area contributed by atoms with Crippen molar-refractivity contribution >= 4 is 5.91 Å². The molecule has 1 aliphatic heterocycles. The van der Waals surface area contributed by atoms with E-state index in [0.717, 1.165) is 34.4 Å². The summed E-state index contributed by atoms with van der Waals surface area (Å²) in [7, 11) is 0. The van der Waals surface area contributed by atoms with Gasteiger partial charge in [-0.1, -0.05) is 35.4 Å². The fourth-order valence-corrected chi connectivity index (χ4v) is 3.41. The van der Waals surface area contributed by atoms with Crippen LogP contribution >= 0.6 is 0 Å². The summed E-state index contributed by atoms with van der Waals surface area (Å²) < 4.78 is 6.08. The summed E-state index contributed by atoms with van der Waals surface area (Å²) in [5.74, 6) is 0.838. The molecule has 0 aromatic heterocycles. The molecule has 1 heterocycles. The molecule has 24 heavy (non-hydrogen) atoms. The maximum atomic E-state index is 12.8. The molecule has 3 nitrogen and oxygen atoms in total. The van der Waals surface area contributed by atoms with Gasteiger partial charge in [0.25, 0.3) is 5.91 Å². The first kappa shape index (κ1) is 16.6. The summed E-state index contributed by atoms with van der Waals surface area (Å²) in [5, 5.41) is 3.22. The highest BCUT2D eigenvalue weighted by atomic mass is 16.5. The number of ether oxygens (including phenoxy) is 1. The van der Waals surface area contributed by atoms with Gasteiger partial charge < -0.3 is 10.1 Å². The molecule has 1 atom stereocenters. The molecule has 0 spiro atoms. The van der Waals surface area contributed by atoms with E-state index >= 15 is 0 Å². The van der Waals surface area contributed by atoms with Crippen LogP contribution in [-0.4, -0.2) is 11.5 Å². The molecular formula is C21H25NO2. The molecule has 1 amide bonds. The number of hydrogen-bond donors (Lipinski definition) is 1. The normalized spacial score (nSPS) is 18.5. The molecule has 0 bridgehead atoms. The van der Waals surface area contributed by atoms with Crippen molar-refractivity contribution in [2.45, 2.75) is 52.7 Å². The number of aryl methyl sites for hydroxylation is 3. The van der Waals surface area contributed by atoms with E-state index < -0.39 is 0 Å². The zero-order chi connectivity index (χ0) is 17.5. The van der Waals surface area contributed by atoms with E-state index in [1.165, 1.54) is 5.56 Å². The molecule has 126 valence electrons. The zero-order valence-corrected chi connectivity index (χ0v) is 15.1. The Balaban J connectivity index is 1.91. The second-order valence-corrected chi connectivity index (χ2v) is 7.45. The number of carbonyl (C=O) groups excluding carboxylic acids is 1. The van der Waals surface area contributed by atoms with Gasteiger partial charge in [-0.2, -0.15) is 0 Å². The first-order valence-electron chi connectivity index (χ1n) is 8.43. The Morgan fingerprint density at radius 1 is 1.08 bits per heavy atom. The van der Waals surface area contributed by atoms with Gasteiger partial charge >= 0.3 is 0 Å². The Labute approximate surface area is 144 Å². The minimum Gasteiger partial charge on any atom is -0.487 e. The quantitative estimate of drug-likeness (QED) is 0.874. The lowest BCUT2D eigenvalue weighted by molar-refractivity contribution is 0.0619. The maximum absolute atomic E-state index is 12.8. The largest absolute Gasteiger partial charge is 0.487 e. The molecule has 0 aliphatic carbocycles. The Morgan fingerprint density at radius 3 is 2.46 bits per heavy atom. The summed E-state index contributed by atoms with van der Waals surface area (Å²) in [6.07, 6.45) is 0.750. The number of carbonyl (C=O) groups is 1. The summed E-state index contributed by atoms with van der Waals surface area (Å²) in [5.41, 5.74) is 4.83. The van der Waals surface area contributed by atoms with Crippen molar-refractivity contribution in [2.24, 2.45) is 0 Å². The molecule has 1 N–H and O–H groups in total. The van der Waals surface area contributed by atoms with Gasteiger partial charge in [0.1, 0.15) is 11.4 Å². The molecular weight excluding hydrogens is 298 g/mol. The Hall–Kier alpha value is -2.29. The number of hydrogen-bond acceptors (Lipinski definition) is 2. The van der Waals surface area contributed by atoms with Crippen molar-refractivity contribution in [1.29, 1.82) is 0 Å². The third-order valence-electron chi connectivity index (χ3n) is 4.55. The van der Waals surface area contributed by atoms with Gasteiger partial charge in [0, 0.05) is 17.5 Å². The van der Waals surface area contributed by atoms with E-state index in [1.807, 2.05) is 44.2 Å². The highest BCUT2D eigenvalue weighted by Gasteiger charge is 2.34. The maximum Gasteiger partial charge on any atom is 0.252 e. The second kappa shape index (κ2) is 5.97. The lowest BCUT2D eigenvalue weighted by Crippen LogP contribution is -2.41. The van der Waals surface area contributed by atoms with Gasteiger partial charge in [0.05, 0.1) is 6.04 Å².